The molecular weight excluding hydrogens is 406 g/mol. The number of hydrogen-bond donors (Lipinski definition) is 2. The van der Waals surface area contributed by atoms with E-state index in [1.165, 1.54) is 4.90 Å². The number of anilines is 1. The number of nitrogens with zero attached hydrogens (tertiary/aromatic N) is 1. The smallest absolute Gasteiger partial charge is 0.270 e. The van der Waals surface area contributed by atoms with E-state index in [1.54, 1.807) is 43.4 Å². The highest BCUT2D eigenvalue weighted by molar-refractivity contribution is 6.31. The number of likely N-dealkylation sites (N-methyl/N-ethyl adjacent to an activating group) is 1. The minimum Gasteiger partial charge on any atom is -0.490 e. The van der Waals surface area contributed by atoms with Gasteiger partial charge in [0.1, 0.15) is 5.69 Å². The second-order valence-electron chi connectivity index (χ2n) is 6.65. The van der Waals surface area contributed by atoms with E-state index in [2.05, 4.69) is 10.3 Å². The molecule has 8 heteroatoms. The Morgan fingerprint density at radius 3 is 2.50 bits per heavy atom. The molecule has 0 atom stereocenters. The Morgan fingerprint density at radius 1 is 1.03 bits per heavy atom. The lowest BCUT2D eigenvalue weighted by molar-refractivity contribution is -0.116. The van der Waals surface area contributed by atoms with Gasteiger partial charge < -0.3 is 24.7 Å². The van der Waals surface area contributed by atoms with Crippen molar-refractivity contribution in [3.63, 3.8) is 0 Å². The lowest BCUT2D eigenvalue weighted by Crippen LogP contribution is -2.35. The third kappa shape index (κ3) is 5.04. The largest absolute Gasteiger partial charge is 0.490 e. The van der Waals surface area contributed by atoms with Gasteiger partial charge in [0.25, 0.3) is 5.91 Å². The first-order valence-corrected chi connectivity index (χ1v) is 10.0. The summed E-state index contributed by atoms with van der Waals surface area (Å²) in [6.07, 6.45) is 0. The van der Waals surface area contributed by atoms with Crippen molar-refractivity contribution in [2.75, 3.05) is 32.1 Å². The molecular formula is C22H24ClN3O4. The molecule has 0 fully saturated rings. The lowest BCUT2D eigenvalue weighted by Gasteiger charge is -2.17. The number of amides is 2. The molecule has 2 amide bonds. The molecule has 2 N–H and O–H groups in total. The highest BCUT2D eigenvalue weighted by atomic mass is 35.5. The van der Waals surface area contributed by atoms with Gasteiger partial charge in [0, 0.05) is 34.7 Å². The van der Waals surface area contributed by atoms with Crippen LogP contribution in [0.15, 0.2) is 42.5 Å². The number of fused-ring (bicyclic) bond motifs is 1. The number of carbonyl (C=O) groups is 2. The van der Waals surface area contributed by atoms with E-state index in [0.29, 0.717) is 41.1 Å². The summed E-state index contributed by atoms with van der Waals surface area (Å²) in [5.74, 6) is 0.553. The molecule has 0 bridgehead atoms. The van der Waals surface area contributed by atoms with Crippen LogP contribution in [0.2, 0.25) is 5.02 Å². The number of carbonyl (C=O) groups excluding carboxylic acids is 2. The molecule has 2 aromatic carbocycles. The highest BCUT2D eigenvalue weighted by Crippen LogP contribution is 2.30. The molecule has 0 radical (unpaired) electrons. The molecule has 0 unspecified atom stereocenters. The fourth-order valence-corrected chi connectivity index (χ4v) is 3.22. The number of halogens is 1. The fourth-order valence-electron chi connectivity index (χ4n) is 3.04. The van der Waals surface area contributed by atoms with Gasteiger partial charge in [-0.2, -0.15) is 0 Å². The second kappa shape index (κ2) is 9.54. The van der Waals surface area contributed by atoms with Crippen LogP contribution in [0.1, 0.15) is 24.3 Å². The summed E-state index contributed by atoms with van der Waals surface area (Å²) in [6, 6.07) is 12.2. The first kappa shape index (κ1) is 21.5. The Morgan fingerprint density at radius 2 is 1.77 bits per heavy atom. The fraction of sp³-hybridized carbons (Fsp3) is 0.273. The lowest BCUT2D eigenvalue weighted by atomic mass is 10.2. The van der Waals surface area contributed by atoms with Crippen molar-refractivity contribution in [2.24, 2.45) is 0 Å². The number of hydrogen-bond acceptors (Lipinski definition) is 4. The zero-order valence-electron chi connectivity index (χ0n) is 17.1. The van der Waals surface area contributed by atoms with Crippen molar-refractivity contribution in [2.45, 2.75) is 13.8 Å². The summed E-state index contributed by atoms with van der Waals surface area (Å²) in [5.41, 5.74) is 1.76. The van der Waals surface area contributed by atoms with Crippen LogP contribution in [-0.2, 0) is 4.79 Å². The maximum atomic E-state index is 12.7. The monoisotopic (exact) mass is 429 g/mol. The van der Waals surface area contributed by atoms with E-state index < -0.39 is 0 Å². The Labute approximate surface area is 179 Å². The van der Waals surface area contributed by atoms with Gasteiger partial charge >= 0.3 is 0 Å². The SMILES string of the molecule is CCOc1ccc(NC(=O)CN(C)C(=O)c2cc3cc(Cl)ccc3[nH]2)cc1OCC. The van der Waals surface area contributed by atoms with Crippen molar-refractivity contribution in [1.29, 1.82) is 0 Å². The van der Waals surface area contributed by atoms with Crippen LogP contribution in [0, 0.1) is 0 Å². The summed E-state index contributed by atoms with van der Waals surface area (Å²) >= 11 is 6.00. The normalized spacial score (nSPS) is 10.7. The van der Waals surface area contributed by atoms with Gasteiger partial charge in [-0.3, -0.25) is 9.59 Å². The number of nitrogens with one attached hydrogen (secondary N) is 2. The number of H-pyrrole nitrogens is 1. The van der Waals surface area contributed by atoms with Crippen LogP contribution >= 0.6 is 11.6 Å². The average Bonchev–Trinajstić information content (AvgIpc) is 3.12. The van der Waals surface area contributed by atoms with Gasteiger partial charge in [0.05, 0.1) is 19.8 Å². The van der Waals surface area contributed by atoms with Gasteiger partial charge in [0.15, 0.2) is 11.5 Å². The van der Waals surface area contributed by atoms with Crippen LogP contribution < -0.4 is 14.8 Å². The van der Waals surface area contributed by atoms with Crippen LogP contribution in [0.5, 0.6) is 11.5 Å². The summed E-state index contributed by atoms with van der Waals surface area (Å²) in [5, 5.41) is 4.21. The van der Waals surface area contributed by atoms with Gasteiger partial charge in [-0.25, -0.2) is 0 Å². The van der Waals surface area contributed by atoms with E-state index in [-0.39, 0.29) is 18.4 Å². The third-order valence-electron chi connectivity index (χ3n) is 4.37. The molecule has 0 aliphatic carbocycles. The molecule has 7 nitrogen and oxygen atoms in total. The van der Waals surface area contributed by atoms with Crippen LogP contribution in [0.3, 0.4) is 0 Å². The Balaban J connectivity index is 1.66. The maximum Gasteiger partial charge on any atom is 0.270 e. The zero-order valence-corrected chi connectivity index (χ0v) is 17.9. The highest BCUT2D eigenvalue weighted by Gasteiger charge is 2.18. The molecule has 0 aliphatic rings. The zero-order chi connectivity index (χ0) is 21.7. The molecule has 3 rings (SSSR count). The minimum atomic E-state index is -0.323. The van der Waals surface area contributed by atoms with E-state index in [9.17, 15) is 9.59 Å². The summed E-state index contributed by atoms with van der Waals surface area (Å²) in [4.78, 5) is 29.5. The Kier molecular flexibility index (Phi) is 6.84. The van der Waals surface area contributed by atoms with E-state index in [4.69, 9.17) is 21.1 Å². The van der Waals surface area contributed by atoms with Crippen LogP contribution in [0.4, 0.5) is 5.69 Å². The van der Waals surface area contributed by atoms with Gasteiger partial charge in [-0.1, -0.05) is 11.6 Å². The van der Waals surface area contributed by atoms with Gasteiger partial charge in [-0.05, 0) is 50.2 Å². The molecule has 0 aliphatic heterocycles. The standard InChI is InChI=1S/C22H24ClN3O4/c1-4-29-19-9-7-16(12-20(19)30-5-2)24-21(27)13-26(3)22(28)18-11-14-10-15(23)6-8-17(14)25-18/h6-12,25H,4-5,13H2,1-3H3,(H,24,27). The maximum absolute atomic E-state index is 12.7. The Bertz CT molecular complexity index is 1060. The third-order valence-corrected chi connectivity index (χ3v) is 4.60. The minimum absolute atomic E-state index is 0.105. The van der Waals surface area contributed by atoms with Crippen LogP contribution in [-0.4, -0.2) is 48.5 Å². The molecule has 30 heavy (non-hydrogen) atoms. The van der Waals surface area contributed by atoms with E-state index in [0.717, 1.165) is 10.9 Å². The van der Waals surface area contributed by atoms with Crippen molar-refractivity contribution >= 4 is 40.0 Å². The number of rotatable bonds is 8. The van der Waals surface area contributed by atoms with Crippen molar-refractivity contribution in [1.82, 2.24) is 9.88 Å². The number of ether oxygens (including phenoxy) is 2. The predicted octanol–water partition coefficient (Wildman–Crippen LogP) is 4.33. The predicted molar refractivity (Wildman–Crippen MR) is 118 cm³/mol. The quantitative estimate of drug-likeness (QED) is 0.558. The van der Waals surface area contributed by atoms with Crippen LogP contribution in [0.25, 0.3) is 10.9 Å². The molecule has 3 aromatic rings. The van der Waals surface area contributed by atoms with Crippen molar-refractivity contribution in [3.8, 4) is 11.5 Å². The molecule has 158 valence electrons. The van der Waals surface area contributed by atoms with Crippen molar-refractivity contribution < 1.29 is 19.1 Å². The first-order valence-electron chi connectivity index (χ1n) is 9.64. The first-order chi connectivity index (χ1) is 14.4. The second-order valence-corrected chi connectivity index (χ2v) is 7.09. The molecule has 1 heterocycles. The van der Waals surface area contributed by atoms with E-state index >= 15 is 0 Å². The molecule has 0 saturated carbocycles. The number of aromatic amines is 1. The summed E-state index contributed by atoms with van der Waals surface area (Å²) in [6.45, 7) is 4.65. The van der Waals surface area contributed by atoms with Crippen molar-refractivity contribution in [3.05, 3.63) is 53.2 Å². The topological polar surface area (TPSA) is 83.7 Å². The number of aromatic nitrogens is 1. The molecule has 1 aromatic heterocycles. The van der Waals surface area contributed by atoms with Gasteiger partial charge in [0.2, 0.25) is 5.91 Å². The Hall–Kier alpha value is -3.19. The average molecular weight is 430 g/mol. The van der Waals surface area contributed by atoms with Gasteiger partial charge in [-0.15, -0.1) is 0 Å². The summed E-state index contributed by atoms with van der Waals surface area (Å²) < 4.78 is 11.1. The number of benzene rings is 2. The molecule has 0 spiro atoms. The van der Waals surface area contributed by atoms with E-state index in [1.807, 2.05) is 19.9 Å². The summed E-state index contributed by atoms with van der Waals surface area (Å²) in [7, 11) is 1.57. The molecule has 0 saturated heterocycles.